The van der Waals surface area contributed by atoms with Crippen molar-refractivity contribution in [1.29, 1.82) is 0 Å². The molecule has 0 aliphatic heterocycles. The molecule has 5 heteroatoms. The summed E-state index contributed by atoms with van der Waals surface area (Å²) in [4.78, 5) is 16.1. The molecule has 1 N–H and O–H groups in total. The standard InChI is InChI=1S/C14H23N3O2/c1-13(2,3)11-15-10(17(4)16-11)9-14(12(18)19)7-5-6-8-14/h5-9H2,1-4H3,(H,18,19). The van der Waals surface area contributed by atoms with Gasteiger partial charge in [-0.15, -0.1) is 0 Å². The van der Waals surface area contributed by atoms with Gasteiger partial charge in [0.1, 0.15) is 5.82 Å². The van der Waals surface area contributed by atoms with E-state index in [1.807, 2.05) is 7.05 Å². The third-order valence-corrected chi connectivity index (χ3v) is 4.03. The molecule has 0 atom stereocenters. The number of aryl methyl sites for hydroxylation is 1. The minimum Gasteiger partial charge on any atom is -0.481 e. The van der Waals surface area contributed by atoms with E-state index in [2.05, 4.69) is 30.9 Å². The summed E-state index contributed by atoms with van der Waals surface area (Å²) in [5, 5.41) is 14.0. The molecule has 5 nitrogen and oxygen atoms in total. The van der Waals surface area contributed by atoms with Crippen molar-refractivity contribution in [3.8, 4) is 0 Å². The first-order chi connectivity index (χ1) is 8.74. The zero-order valence-electron chi connectivity index (χ0n) is 12.2. The van der Waals surface area contributed by atoms with Crippen LogP contribution in [0.25, 0.3) is 0 Å². The van der Waals surface area contributed by atoms with Crippen molar-refractivity contribution in [2.75, 3.05) is 0 Å². The van der Waals surface area contributed by atoms with Crippen LogP contribution in [0.5, 0.6) is 0 Å². The second kappa shape index (κ2) is 4.62. The Bertz CT molecular complexity index is 479. The highest BCUT2D eigenvalue weighted by molar-refractivity contribution is 5.75. The summed E-state index contributed by atoms with van der Waals surface area (Å²) < 4.78 is 1.74. The van der Waals surface area contributed by atoms with Gasteiger partial charge in [-0.1, -0.05) is 33.6 Å². The molecule has 1 saturated carbocycles. The van der Waals surface area contributed by atoms with E-state index in [-0.39, 0.29) is 5.41 Å². The number of rotatable bonds is 3. The maximum atomic E-state index is 11.6. The van der Waals surface area contributed by atoms with Gasteiger partial charge in [-0.3, -0.25) is 9.48 Å². The van der Waals surface area contributed by atoms with Gasteiger partial charge in [-0.25, -0.2) is 4.98 Å². The zero-order chi connectivity index (χ0) is 14.3. The lowest BCUT2D eigenvalue weighted by atomic mass is 9.82. The molecule has 0 unspecified atom stereocenters. The number of carboxylic acids is 1. The first-order valence-corrected chi connectivity index (χ1v) is 6.88. The Labute approximate surface area is 114 Å². The van der Waals surface area contributed by atoms with E-state index >= 15 is 0 Å². The fourth-order valence-corrected chi connectivity index (χ4v) is 2.71. The highest BCUT2D eigenvalue weighted by atomic mass is 16.4. The van der Waals surface area contributed by atoms with Gasteiger partial charge in [0.25, 0.3) is 0 Å². The van der Waals surface area contributed by atoms with Crippen LogP contribution in [0, 0.1) is 5.41 Å². The molecule has 0 bridgehead atoms. The number of aliphatic carboxylic acids is 1. The zero-order valence-corrected chi connectivity index (χ0v) is 12.2. The van der Waals surface area contributed by atoms with E-state index in [9.17, 15) is 9.90 Å². The van der Waals surface area contributed by atoms with Gasteiger partial charge in [0, 0.05) is 18.9 Å². The predicted molar refractivity (Wildman–Crippen MR) is 71.9 cm³/mol. The molecular weight excluding hydrogens is 242 g/mol. The van der Waals surface area contributed by atoms with Crippen LogP contribution in [0.1, 0.15) is 58.1 Å². The number of nitrogens with zero attached hydrogens (tertiary/aromatic N) is 3. The lowest BCUT2D eigenvalue weighted by Crippen LogP contribution is -2.31. The molecule has 1 aliphatic carbocycles. The highest BCUT2D eigenvalue weighted by Gasteiger charge is 2.42. The van der Waals surface area contributed by atoms with Gasteiger partial charge in [0.15, 0.2) is 5.82 Å². The fourth-order valence-electron chi connectivity index (χ4n) is 2.71. The van der Waals surface area contributed by atoms with Crippen LogP contribution in [0.15, 0.2) is 0 Å². The summed E-state index contributed by atoms with van der Waals surface area (Å²) in [6.07, 6.45) is 3.98. The Morgan fingerprint density at radius 1 is 1.37 bits per heavy atom. The summed E-state index contributed by atoms with van der Waals surface area (Å²) in [5.41, 5.74) is -0.738. The number of hydrogen-bond acceptors (Lipinski definition) is 3. The van der Waals surface area contributed by atoms with Crippen molar-refractivity contribution in [3.63, 3.8) is 0 Å². The first-order valence-electron chi connectivity index (χ1n) is 6.88. The third-order valence-electron chi connectivity index (χ3n) is 4.03. The van der Waals surface area contributed by atoms with E-state index in [0.29, 0.717) is 6.42 Å². The average Bonchev–Trinajstić information content (AvgIpc) is 2.87. The summed E-state index contributed by atoms with van der Waals surface area (Å²) in [5.74, 6) is 0.878. The Morgan fingerprint density at radius 3 is 2.37 bits per heavy atom. The molecule has 0 radical (unpaired) electrons. The number of hydrogen-bond donors (Lipinski definition) is 1. The molecule has 1 aromatic rings. The summed E-state index contributed by atoms with van der Waals surface area (Å²) >= 11 is 0. The molecule has 0 amide bonds. The van der Waals surface area contributed by atoms with Crippen molar-refractivity contribution in [1.82, 2.24) is 14.8 Å². The second-order valence-electron chi connectivity index (χ2n) is 6.69. The molecule has 19 heavy (non-hydrogen) atoms. The molecule has 0 aromatic carbocycles. The van der Waals surface area contributed by atoms with Crippen LogP contribution >= 0.6 is 0 Å². The normalized spacial score (nSPS) is 18.7. The van der Waals surface area contributed by atoms with Crippen LogP contribution in [0.2, 0.25) is 0 Å². The van der Waals surface area contributed by atoms with Crippen LogP contribution in [0.3, 0.4) is 0 Å². The van der Waals surface area contributed by atoms with Crippen molar-refractivity contribution in [2.24, 2.45) is 12.5 Å². The quantitative estimate of drug-likeness (QED) is 0.910. The second-order valence-corrected chi connectivity index (χ2v) is 6.69. The lowest BCUT2D eigenvalue weighted by molar-refractivity contribution is -0.148. The van der Waals surface area contributed by atoms with Gasteiger partial charge in [-0.05, 0) is 12.8 Å². The van der Waals surface area contributed by atoms with Crippen LogP contribution < -0.4 is 0 Å². The van der Waals surface area contributed by atoms with E-state index in [1.165, 1.54) is 0 Å². The molecular formula is C14H23N3O2. The van der Waals surface area contributed by atoms with Crippen LogP contribution in [0.4, 0.5) is 0 Å². The summed E-state index contributed by atoms with van der Waals surface area (Å²) in [7, 11) is 1.85. The number of carboxylic acid groups (broad SMARTS) is 1. The van der Waals surface area contributed by atoms with Crippen molar-refractivity contribution >= 4 is 5.97 Å². The Hall–Kier alpha value is -1.39. The Balaban J connectivity index is 2.28. The van der Waals surface area contributed by atoms with Crippen molar-refractivity contribution < 1.29 is 9.90 Å². The van der Waals surface area contributed by atoms with E-state index in [1.54, 1.807) is 4.68 Å². The monoisotopic (exact) mass is 265 g/mol. The summed E-state index contributed by atoms with van der Waals surface area (Å²) in [6.45, 7) is 6.19. The maximum absolute atomic E-state index is 11.6. The smallest absolute Gasteiger partial charge is 0.310 e. The first kappa shape index (κ1) is 14.0. The largest absolute Gasteiger partial charge is 0.481 e. The molecule has 1 aliphatic rings. The number of carbonyl (C=O) groups is 1. The SMILES string of the molecule is Cn1nc(C(C)(C)C)nc1CC1(C(=O)O)CCCC1. The molecule has 106 valence electrons. The van der Waals surface area contributed by atoms with Gasteiger partial charge < -0.3 is 5.11 Å². The minimum absolute atomic E-state index is 0.109. The topological polar surface area (TPSA) is 68.0 Å². The minimum atomic E-state index is -0.690. The molecule has 1 heterocycles. The third kappa shape index (κ3) is 2.65. The number of aromatic nitrogens is 3. The molecule has 1 fully saturated rings. The van der Waals surface area contributed by atoms with Crippen LogP contribution in [-0.2, 0) is 23.7 Å². The summed E-state index contributed by atoms with van der Waals surface area (Å²) in [6, 6.07) is 0. The lowest BCUT2D eigenvalue weighted by Gasteiger charge is -2.22. The molecule has 0 saturated heterocycles. The maximum Gasteiger partial charge on any atom is 0.310 e. The molecule has 1 aromatic heterocycles. The predicted octanol–water partition coefficient (Wildman–Crippen LogP) is 2.30. The van der Waals surface area contributed by atoms with Crippen LogP contribution in [-0.4, -0.2) is 25.8 Å². The highest BCUT2D eigenvalue weighted by Crippen LogP contribution is 2.41. The Kier molecular flexibility index (Phi) is 3.41. The molecule has 0 spiro atoms. The van der Waals surface area contributed by atoms with E-state index < -0.39 is 11.4 Å². The van der Waals surface area contributed by atoms with Gasteiger partial charge >= 0.3 is 5.97 Å². The van der Waals surface area contributed by atoms with Gasteiger partial charge in [0.05, 0.1) is 5.41 Å². The Morgan fingerprint density at radius 2 is 1.95 bits per heavy atom. The van der Waals surface area contributed by atoms with E-state index in [0.717, 1.165) is 37.3 Å². The van der Waals surface area contributed by atoms with Crippen molar-refractivity contribution in [3.05, 3.63) is 11.6 Å². The van der Waals surface area contributed by atoms with Gasteiger partial charge in [-0.2, -0.15) is 5.10 Å². The average molecular weight is 265 g/mol. The van der Waals surface area contributed by atoms with Gasteiger partial charge in [0.2, 0.25) is 0 Å². The van der Waals surface area contributed by atoms with Crippen molar-refractivity contribution in [2.45, 2.75) is 58.3 Å². The fraction of sp³-hybridized carbons (Fsp3) is 0.786. The van der Waals surface area contributed by atoms with E-state index in [4.69, 9.17) is 0 Å². The molecule has 2 rings (SSSR count).